The van der Waals surface area contributed by atoms with Crippen molar-refractivity contribution in [2.24, 2.45) is 5.73 Å². The molecule has 0 amide bonds. The predicted octanol–water partition coefficient (Wildman–Crippen LogP) is 3.48. The molecule has 3 rings (SSSR count). The van der Waals surface area contributed by atoms with E-state index in [2.05, 4.69) is 22.4 Å². The molecule has 0 aliphatic heterocycles. The lowest BCUT2D eigenvalue weighted by Gasteiger charge is -1.98. The van der Waals surface area contributed by atoms with E-state index in [1.165, 1.54) is 4.70 Å². The van der Waals surface area contributed by atoms with Crippen molar-refractivity contribution < 1.29 is 0 Å². The number of benzene rings is 1. The molecular formula is C15H17ClN4S. The minimum atomic E-state index is 0.669. The van der Waals surface area contributed by atoms with Crippen LogP contribution in [0.25, 0.3) is 10.1 Å². The monoisotopic (exact) mass is 320 g/mol. The van der Waals surface area contributed by atoms with Gasteiger partial charge in [0.15, 0.2) is 0 Å². The third-order valence-corrected chi connectivity index (χ3v) is 5.08. The van der Waals surface area contributed by atoms with E-state index in [1.807, 2.05) is 23.0 Å². The van der Waals surface area contributed by atoms with Crippen LogP contribution < -0.4 is 5.73 Å². The Morgan fingerprint density at radius 3 is 2.90 bits per heavy atom. The Morgan fingerprint density at radius 2 is 2.10 bits per heavy atom. The topological polar surface area (TPSA) is 56.7 Å². The van der Waals surface area contributed by atoms with Crippen molar-refractivity contribution in [1.29, 1.82) is 0 Å². The standard InChI is InChI=1S/C15H17ClN4S/c16-15-12-6-1-2-7-13(12)21-14(15)10-20-9-11(18-19-20)5-3-4-8-17/h1-2,6-7,9H,3-5,8,10,17H2. The second-order valence-electron chi connectivity index (χ2n) is 4.99. The van der Waals surface area contributed by atoms with E-state index in [-0.39, 0.29) is 0 Å². The van der Waals surface area contributed by atoms with E-state index in [9.17, 15) is 0 Å². The molecule has 0 unspecified atom stereocenters. The van der Waals surface area contributed by atoms with E-state index in [0.717, 1.165) is 46.8 Å². The molecule has 0 saturated carbocycles. The number of unbranched alkanes of at least 4 members (excludes halogenated alkanes) is 1. The van der Waals surface area contributed by atoms with Crippen LogP contribution in [0.3, 0.4) is 0 Å². The number of hydrogen-bond acceptors (Lipinski definition) is 4. The summed E-state index contributed by atoms with van der Waals surface area (Å²) in [6.45, 7) is 1.40. The number of rotatable bonds is 6. The summed E-state index contributed by atoms with van der Waals surface area (Å²) in [5.41, 5.74) is 6.51. The number of fused-ring (bicyclic) bond motifs is 1. The molecule has 0 spiro atoms. The van der Waals surface area contributed by atoms with Crippen LogP contribution >= 0.6 is 22.9 Å². The summed E-state index contributed by atoms with van der Waals surface area (Å²) in [5, 5.41) is 10.3. The molecule has 0 bridgehead atoms. The van der Waals surface area contributed by atoms with Crippen molar-refractivity contribution in [2.75, 3.05) is 6.54 Å². The van der Waals surface area contributed by atoms with E-state index in [1.54, 1.807) is 11.3 Å². The fourth-order valence-electron chi connectivity index (χ4n) is 2.29. The number of nitrogens with zero attached hydrogens (tertiary/aromatic N) is 3. The van der Waals surface area contributed by atoms with Gasteiger partial charge in [0.05, 0.1) is 17.3 Å². The Morgan fingerprint density at radius 1 is 1.24 bits per heavy atom. The lowest BCUT2D eigenvalue weighted by Crippen LogP contribution is -1.99. The number of aryl methyl sites for hydroxylation is 1. The third kappa shape index (κ3) is 3.26. The van der Waals surface area contributed by atoms with Gasteiger partial charge in [-0.1, -0.05) is 35.0 Å². The predicted molar refractivity (Wildman–Crippen MR) is 88.0 cm³/mol. The van der Waals surface area contributed by atoms with E-state index in [4.69, 9.17) is 17.3 Å². The molecule has 21 heavy (non-hydrogen) atoms. The Hall–Kier alpha value is -1.43. The van der Waals surface area contributed by atoms with Crippen LogP contribution in [0.15, 0.2) is 30.5 Å². The van der Waals surface area contributed by atoms with E-state index in [0.29, 0.717) is 6.54 Å². The highest BCUT2D eigenvalue weighted by Gasteiger charge is 2.11. The van der Waals surface area contributed by atoms with Gasteiger partial charge in [0, 0.05) is 21.2 Å². The van der Waals surface area contributed by atoms with Gasteiger partial charge in [0.25, 0.3) is 0 Å². The van der Waals surface area contributed by atoms with Crippen LogP contribution in [-0.4, -0.2) is 21.5 Å². The zero-order valence-electron chi connectivity index (χ0n) is 11.6. The molecule has 0 aliphatic rings. The first kappa shape index (κ1) is 14.5. The molecular weight excluding hydrogens is 304 g/mol. The van der Waals surface area contributed by atoms with Crippen LogP contribution in [-0.2, 0) is 13.0 Å². The Bertz CT molecular complexity index is 734. The molecule has 0 saturated heterocycles. The summed E-state index contributed by atoms with van der Waals surface area (Å²) in [6.07, 6.45) is 5.00. The van der Waals surface area contributed by atoms with Crippen LogP contribution in [0.2, 0.25) is 5.02 Å². The summed E-state index contributed by atoms with van der Waals surface area (Å²) < 4.78 is 3.06. The van der Waals surface area contributed by atoms with Crippen molar-refractivity contribution in [2.45, 2.75) is 25.8 Å². The maximum Gasteiger partial charge on any atom is 0.0827 e. The van der Waals surface area contributed by atoms with Gasteiger partial charge < -0.3 is 5.73 Å². The molecule has 0 aliphatic carbocycles. The van der Waals surface area contributed by atoms with Crippen LogP contribution in [0.1, 0.15) is 23.4 Å². The molecule has 2 N–H and O–H groups in total. The van der Waals surface area contributed by atoms with Gasteiger partial charge in [-0.3, -0.25) is 0 Å². The zero-order valence-corrected chi connectivity index (χ0v) is 13.2. The highest BCUT2D eigenvalue weighted by atomic mass is 35.5. The summed E-state index contributed by atoms with van der Waals surface area (Å²) in [7, 11) is 0. The minimum absolute atomic E-state index is 0.669. The zero-order chi connectivity index (χ0) is 14.7. The van der Waals surface area contributed by atoms with Crippen molar-refractivity contribution in [3.8, 4) is 0 Å². The maximum absolute atomic E-state index is 6.45. The molecule has 2 heterocycles. The average molecular weight is 321 g/mol. The molecule has 6 heteroatoms. The van der Waals surface area contributed by atoms with Crippen molar-refractivity contribution >= 4 is 33.0 Å². The fraction of sp³-hybridized carbons (Fsp3) is 0.333. The quantitative estimate of drug-likeness (QED) is 0.707. The minimum Gasteiger partial charge on any atom is -0.330 e. The number of halogens is 1. The molecule has 3 aromatic rings. The highest BCUT2D eigenvalue weighted by molar-refractivity contribution is 7.19. The highest BCUT2D eigenvalue weighted by Crippen LogP contribution is 2.35. The Kier molecular flexibility index (Phi) is 4.53. The summed E-state index contributed by atoms with van der Waals surface area (Å²) in [5.74, 6) is 0. The molecule has 0 fully saturated rings. The van der Waals surface area contributed by atoms with Gasteiger partial charge in [-0.05, 0) is 31.9 Å². The van der Waals surface area contributed by atoms with E-state index >= 15 is 0 Å². The summed E-state index contributed by atoms with van der Waals surface area (Å²) >= 11 is 8.16. The maximum atomic E-state index is 6.45. The number of aromatic nitrogens is 3. The van der Waals surface area contributed by atoms with Crippen molar-refractivity contribution in [3.05, 3.63) is 46.1 Å². The third-order valence-electron chi connectivity index (χ3n) is 3.38. The molecule has 2 aromatic heterocycles. The molecule has 4 nitrogen and oxygen atoms in total. The second-order valence-corrected chi connectivity index (χ2v) is 6.50. The largest absolute Gasteiger partial charge is 0.330 e. The van der Waals surface area contributed by atoms with Gasteiger partial charge in [0.2, 0.25) is 0 Å². The number of hydrogen-bond donors (Lipinski definition) is 1. The number of thiophene rings is 1. The molecule has 0 atom stereocenters. The molecule has 110 valence electrons. The smallest absolute Gasteiger partial charge is 0.0827 e. The average Bonchev–Trinajstić information content (AvgIpc) is 3.06. The first-order valence-electron chi connectivity index (χ1n) is 7.03. The lowest BCUT2D eigenvalue weighted by atomic mass is 10.2. The van der Waals surface area contributed by atoms with Gasteiger partial charge >= 0.3 is 0 Å². The van der Waals surface area contributed by atoms with Crippen molar-refractivity contribution in [1.82, 2.24) is 15.0 Å². The molecule has 0 radical (unpaired) electrons. The van der Waals surface area contributed by atoms with Crippen LogP contribution in [0.5, 0.6) is 0 Å². The SMILES string of the molecule is NCCCCc1cn(Cc2sc3ccccc3c2Cl)nn1. The Balaban J connectivity index is 1.74. The summed E-state index contributed by atoms with van der Waals surface area (Å²) in [4.78, 5) is 1.12. The van der Waals surface area contributed by atoms with Crippen molar-refractivity contribution in [3.63, 3.8) is 0 Å². The molecule has 1 aromatic carbocycles. The van der Waals surface area contributed by atoms with E-state index < -0.39 is 0 Å². The van der Waals surface area contributed by atoms with Gasteiger partial charge in [-0.2, -0.15) is 0 Å². The van der Waals surface area contributed by atoms with Gasteiger partial charge in [0.1, 0.15) is 0 Å². The number of nitrogens with two attached hydrogens (primary N) is 1. The second kappa shape index (κ2) is 6.56. The lowest BCUT2D eigenvalue weighted by molar-refractivity contribution is 0.655. The fourth-order valence-corrected chi connectivity index (χ4v) is 3.78. The van der Waals surface area contributed by atoms with Gasteiger partial charge in [-0.15, -0.1) is 16.4 Å². The van der Waals surface area contributed by atoms with Crippen LogP contribution in [0, 0.1) is 0 Å². The normalized spacial score (nSPS) is 11.3. The van der Waals surface area contributed by atoms with Gasteiger partial charge in [-0.25, -0.2) is 4.68 Å². The summed E-state index contributed by atoms with van der Waals surface area (Å²) in [6, 6.07) is 8.19. The Labute approximate surface area is 132 Å². The first-order chi connectivity index (χ1) is 10.3. The first-order valence-corrected chi connectivity index (χ1v) is 8.22. The van der Waals surface area contributed by atoms with Crippen LogP contribution in [0.4, 0.5) is 0 Å².